The van der Waals surface area contributed by atoms with E-state index in [1.807, 2.05) is 17.5 Å². The summed E-state index contributed by atoms with van der Waals surface area (Å²) in [6.45, 7) is 0. The number of nitrogens with one attached hydrogen (secondary N) is 2. The number of carbonyl (C=O) groups is 1. The Bertz CT molecular complexity index is 1230. The predicted molar refractivity (Wildman–Crippen MR) is 114 cm³/mol. The summed E-state index contributed by atoms with van der Waals surface area (Å²) in [6, 6.07) is 12.4. The number of fused-ring (bicyclic) bond motifs is 1. The van der Waals surface area contributed by atoms with Gasteiger partial charge in [-0.25, -0.2) is 9.07 Å². The van der Waals surface area contributed by atoms with Gasteiger partial charge in [0.2, 0.25) is 0 Å². The lowest BCUT2D eigenvalue weighted by Gasteiger charge is -2.10. The molecule has 1 aliphatic rings. The number of rotatable bonds is 5. The van der Waals surface area contributed by atoms with Crippen molar-refractivity contribution < 1.29 is 9.18 Å². The number of carbonyl (C=O) groups excluding carboxylic acids is 1. The molecule has 2 aromatic heterocycles. The topological polar surface area (TPSA) is 59.0 Å². The Kier molecular flexibility index (Phi) is 4.49. The van der Waals surface area contributed by atoms with Gasteiger partial charge < -0.3 is 10.6 Å². The van der Waals surface area contributed by atoms with Gasteiger partial charge >= 0.3 is 0 Å². The van der Waals surface area contributed by atoms with Gasteiger partial charge in [-0.2, -0.15) is 5.10 Å². The van der Waals surface area contributed by atoms with Gasteiger partial charge in [-0.1, -0.05) is 23.7 Å². The number of para-hydroxylation sites is 1. The largest absolute Gasteiger partial charge is 0.352 e. The molecule has 0 radical (unpaired) electrons. The fourth-order valence-electron chi connectivity index (χ4n) is 3.10. The van der Waals surface area contributed by atoms with Gasteiger partial charge in [-0.15, -0.1) is 11.3 Å². The summed E-state index contributed by atoms with van der Waals surface area (Å²) in [5, 5.41) is 13.5. The van der Waals surface area contributed by atoms with Crippen molar-refractivity contribution in [3.63, 3.8) is 0 Å². The van der Waals surface area contributed by atoms with Crippen LogP contribution < -0.4 is 10.6 Å². The third-order valence-electron chi connectivity index (χ3n) is 4.77. The van der Waals surface area contributed by atoms with Crippen LogP contribution in [-0.2, 0) is 0 Å². The number of anilines is 2. The average molecular weight is 427 g/mol. The maximum atomic E-state index is 14.8. The van der Waals surface area contributed by atoms with Crippen LogP contribution in [0, 0.1) is 5.82 Å². The molecule has 1 aliphatic carbocycles. The third kappa shape index (κ3) is 3.59. The normalized spacial score (nSPS) is 13.6. The number of nitrogens with zero attached hydrogens (tertiary/aromatic N) is 2. The van der Waals surface area contributed by atoms with E-state index in [0.29, 0.717) is 32.8 Å². The van der Waals surface area contributed by atoms with E-state index >= 15 is 0 Å². The number of aromatic nitrogens is 2. The molecule has 2 N–H and O–H groups in total. The second-order valence-corrected chi connectivity index (χ2v) is 8.29. The SMILES string of the molecule is O=C(NC1CC1)c1cc(-n2ncc3cc(Nc4ccccc4Cl)c(F)cc32)cs1. The molecule has 5 nitrogen and oxygen atoms in total. The molecule has 29 heavy (non-hydrogen) atoms. The van der Waals surface area contributed by atoms with E-state index in [4.69, 9.17) is 11.6 Å². The van der Waals surface area contributed by atoms with Crippen LogP contribution in [0.5, 0.6) is 0 Å². The van der Waals surface area contributed by atoms with Crippen LogP contribution >= 0.6 is 22.9 Å². The van der Waals surface area contributed by atoms with Gasteiger partial charge in [0.1, 0.15) is 5.82 Å². The molecular formula is C21H16ClFN4OS. The van der Waals surface area contributed by atoms with Crippen LogP contribution in [0.1, 0.15) is 22.5 Å². The van der Waals surface area contributed by atoms with Crippen LogP contribution in [0.3, 0.4) is 0 Å². The first-order chi connectivity index (χ1) is 14.1. The van der Waals surface area contributed by atoms with Gasteiger partial charge in [-0.05, 0) is 37.1 Å². The molecule has 0 bridgehead atoms. The molecule has 4 aromatic rings. The van der Waals surface area contributed by atoms with Crippen molar-refractivity contribution in [3.05, 3.63) is 69.8 Å². The van der Waals surface area contributed by atoms with Crippen molar-refractivity contribution in [2.45, 2.75) is 18.9 Å². The monoisotopic (exact) mass is 426 g/mol. The molecule has 8 heteroatoms. The molecule has 5 rings (SSSR count). The lowest BCUT2D eigenvalue weighted by atomic mass is 10.2. The van der Waals surface area contributed by atoms with E-state index in [2.05, 4.69) is 15.7 Å². The van der Waals surface area contributed by atoms with E-state index in [9.17, 15) is 9.18 Å². The van der Waals surface area contributed by atoms with Gasteiger partial charge in [0.15, 0.2) is 0 Å². The number of hydrogen-bond acceptors (Lipinski definition) is 4. The minimum Gasteiger partial charge on any atom is -0.352 e. The summed E-state index contributed by atoms with van der Waals surface area (Å²) >= 11 is 7.51. The smallest absolute Gasteiger partial charge is 0.261 e. The maximum Gasteiger partial charge on any atom is 0.261 e. The quantitative estimate of drug-likeness (QED) is 0.442. The second-order valence-electron chi connectivity index (χ2n) is 6.97. The van der Waals surface area contributed by atoms with Crippen molar-refractivity contribution in [2.24, 2.45) is 0 Å². The number of benzene rings is 2. The van der Waals surface area contributed by atoms with E-state index < -0.39 is 5.82 Å². The fourth-order valence-corrected chi connectivity index (χ4v) is 4.05. The standard InChI is InChI=1S/C21H16ClFN4OS/c22-15-3-1-2-4-17(15)26-18-7-12-10-24-27(19(12)9-16(18)23)14-8-20(29-11-14)21(28)25-13-5-6-13/h1-4,7-11,13,26H,5-6H2,(H,25,28). The number of hydrogen-bond donors (Lipinski definition) is 2. The molecule has 1 saturated carbocycles. The van der Waals surface area contributed by atoms with E-state index in [1.54, 1.807) is 35.1 Å². The third-order valence-corrected chi connectivity index (χ3v) is 6.01. The summed E-state index contributed by atoms with van der Waals surface area (Å²) < 4.78 is 16.4. The van der Waals surface area contributed by atoms with Crippen molar-refractivity contribution in [2.75, 3.05) is 5.32 Å². The Morgan fingerprint density at radius 2 is 2.03 bits per heavy atom. The van der Waals surface area contributed by atoms with Gasteiger partial charge in [0.25, 0.3) is 5.91 Å². The van der Waals surface area contributed by atoms with Crippen LogP contribution in [0.2, 0.25) is 5.02 Å². The predicted octanol–water partition coefficient (Wildman–Crippen LogP) is 5.52. The van der Waals surface area contributed by atoms with Crippen LogP contribution in [-0.4, -0.2) is 21.7 Å². The van der Waals surface area contributed by atoms with Crippen LogP contribution in [0.25, 0.3) is 16.6 Å². The maximum absolute atomic E-state index is 14.8. The summed E-state index contributed by atoms with van der Waals surface area (Å²) in [4.78, 5) is 12.9. The summed E-state index contributed by atoms with van der Waals surface area (Å²) in [5.74, 6) is -0.487. The van der Waals surface area contributed by atoms with Gasteiger partial charge in [0, 0.05) is 22.9 Å². The minimum absolute atomic E-state index is 0.0716. The molecule has 146 valence electrons. The molecule has 0 spiro atoms. The fraction of sp³-hybridized carbons (Fsp3) is 0.143. The Morgan fingerprint density at radius 1 is 1.21 bits per heavy atom. The summed E-state index contributed by atoms with van der Waals surface area (Å²) in [6.07, 6.45) is 3.75. The Labute approximate surface area is 175 Å². The van der Waals surface area contributed by atoms with E-state index in [0.717, 1.165) is 23.9 Å². The van der Waals surface area contributed by atoms with Crippen LogP contribution in [0.4, 0.5) is 15.8 Å². The highest BCUT2D eigenvalue weighted by Gasteiger charge is 2.24. The Morgan fingerprint density at radius 3 is 2.83 bits per heavy atom. The minimum atomic E-state index is -0.416. The molecule has 0 unspecified atom stereocenters. The lowest BCUT2D eigenvalue weighted by molar-refractivity contribution is 0.0955. The van der Waals surface area contributed by atoms with Crippen molar-refractivity contribution >= 4 is 51.1 Å². The molecule has 1 amide bonds. The van der Waals surface area contributed by atoms with Gasteiger partial charge in [0.05, 0.1) is 38.7 Å². The highest BCUT2D eigenvalue weighted by Crippen LogP contribution is 2.31. The highest BCUT2D eigenvalue weighted by atomic mass is 35.5. The summed E-state index contributed by atoms with van der Waals surface area (Å²) in [7, 11) is 0. The molecule has 0 atom stereocenters. The molecule has 2 heterocycles. The molecule has 1 fully saturated rings. The highest BCUT2D eigenvalue weighted by molar-refractivity contribution is 7.12. The molecular weight excluding hydrogens is 411 g/mol. The zero-order chi connectivity index (χ0) is 20.0. The van der Waals surface area contributed by atoms with Gasteiger partial charge in [-0.3, -0.25) is 4.79 Å². The molecule has 2 aromatic carbocycles. The second kappa shape index (κ2) is 7.17. The molecule has 0 saturated heterocycles. The van der Waals surface area contributed by atoms with Crippen molar-refractivity contribution in [3.8, 4) is 5.69 Å². The zero-order valence-corrected chi connectivity index (χ0v) is 16.7. The number of halogens is 2. The first-order valence-electron chi connectivity index (χ1n) is 9.17. The van der Waals surface area contributed by atoms with Crippen molar-refractivity contribution in [1.29, 1.82) is 0 Å². The summed E-state index contributed by atoms with van der Waals surface area (Å²) in [5.41, 5.74) is 2.31. The van der Waals surface area contributed by atoms with E-state index in [-0.39, 0.29) is 5.91 Å². The van der Waals surface area contributed by atoms with E-state index in [1.165, 1.54) is 17.4 Å². The Balaban J connectivity index is 1.46. The number of thiophene rings is 1. The average Bonchev–Trinajstić information content (AvgIpc) is 3.23. The van der Waals surface area contributed by atoms with Crippen molar-refractivity contribution in [1.82, 2.24) is 15.1 Å². The molecule has 0 aliphatic heterocycles. The van der Waals surface area contributed by atoms with Crippen LogP contribution in [0.15, 0.2) is 54.0 Å². The first-order valence-corrected chi connectivity index (χ1v) is 10.4. The first kappa shape index (κ1) is 18.1. The zero-order valence-electron chi connectivity index (χ0n) is 15.2. The Hall–Kier alpha value is -2.90. The number of amides is 1. The lowest BCUT2D eigenvalue weighted by Crippen LogP contribution is -2.24.